The predicted octanol–water partition coefficient (Wildman–Crippen LogP) is 1.26. The Bertz CT molecular complexity index is 508. The molecule has 0 N–H and O–H groups in total. The second kappa shape index (κ2) is 6.07. The molecule has 0 aliphatic carbocycles. The van der Waals surface area contributed by atoms with Gasteiger partial charge in [0.1, 0.15) is 21.4 Å². The van der Waals surface area contributed by atoms with E-state index in [1.54, 1.807) is 0 Å². The van der Waals surface area contributed by atoms with Gasteiger partial charge in [0.15, 0.2) is 0 Å². The maximum absolute atomic E-state index is 11.3. The van der Waals surface area contributed by atoms with Crippen LogP contribution in [0.2, 0.25) is 0 Å². The molecule has 2 rings (SSSR count). The molecule has 1 fully saturated rings. The Hall–Kier alpha value is -0.850. The van der Waals surface area contributed by atoms with Crippen LogP contribution in [0.5, 0.6) is 0 Å². The number of ether oxygens (including phenoxy) is 1. The van der Waals surface area contributed by atoms with Crippen LogP contribution in [-0.2, 0) is 21.0 Å². The van der Waals surface area contributed by atoms with Crippen molar-refractivity contribution in [2.24, 2.45) is 0 Å². The molecule has 0 bridgehead atoms. The fourth-order valence-corrected chi connectivity index (χ4v) is 2.78. The van der Waals surface area contributed by atoms with Gasteiger partial charge >= 0.3 is 0 Å². The topological polar surface area (TPSA) is 59.8 Å². The molecule has 1 aliphatic heterocycles. The highest BCUT2D eigenvalue weighted by Gasteiger charge is 2.27. The molecule has 0 spiro atoms. The van der Waals surface area contributed by atoms with Crippen molar-refractivity contribution in [2.45, 2.75) is 19.4 Å². The molecule has 6 heteroatoms. The smallest absolute Gasteiger partial charge is 0.148 e. The maximum Gasteiger partial charge on any atom is 0.148 e. The summed E-state index contributed by atoms with van der Waals surface area (Å²) in [4.78, 5) is 2.13. The minimum Gasteiger partial charge on any atom is -0.464 e. The molecule has 0 amide bonds. The van der Waals surface area contributed by atoms with Gasteiger partial charge in [-0.25, -0.2) is 8.42 Å². The number of nitrogens with zero attached hydrogens (tertiary/aromatic N) is 1. The minimum atomic E-state index is -2.94. The largest absolute Gasteiger partial charge is 0.464 e. The van der Waals surface area contributed by atoms with Crippen LogP contribution < -0.4 is 0 Å². The zero-order valence-electron chi connectivity index (χ0n) is 11.5. The molecule has 108 valence electrons. The minimum absolute atomic E-state index is 0.0239. The third-order valence-electron chi connectivity index (χ3n) is 3.35. The number of rotatable bonds is 5. The summed E-state index contributed by atoms with van der Waals surface area (Å²) in [5.74, 6) is 1.99. The number of furan rings is 1. The molecule has 1 atom stereocenters. The van der Waals surface area contributed by atoms with Crippen molar-refractivity contribution in [2.75, 3.05) is 38.3 Å². The first kappa shape index (κ1) is 14.6. The molecule has 0 saturated carbocycles. The van der Waals surface area contributed by atoms with E-state index >= 15 is 0 Å². The van der Waals surface area contributed by atoms with Crippen LogP contribution in [-0.4, -0.2) is 51.6 Å². The third-order valence-corrected chi connectivity index (χ3v) is 4.27. The van der Waals surface area contributed by atoms with Gasteiger partial charge < -0.3 is 9.15 Å². The van der Waals surface area contributed by atoms with E-state index in [1.807, 2.05) is 19.1 Å². The lowest BCUT2D eigenvalue weighted by atomic mass is 10.2. The number of sulfone groups is 1. The first-order valence-corrected chi connectivity index (χ1v) is 8.64. The summed E-state index contributed by atoms with van der Waals surface area (Å²) < 4.78 is 33.8. The Morgan fingerprint density at radius 3 is 2.84 bits per heavy atom. The van der Waals surface area contributed by atoms with E-state index in [9.17, 15) is 8.42 Å². The summed E-state index contributed by atoms with van der Waals surface area (Å²) in [6.07, 6.45) is 2.13. The zero-order valence-corrected chi connectivity index (χ0v) is 12.3. The Morgan fingerprint density at radius 1 is 1.42 bits per heavy atom. The predicted molar refractivity (Wildman–Crippen MR) is 72.9 cm³/mol. The van der Waals surface area contributed by atoms with Crippen LogP contribution >= 0.6 is 0 Å². The van der Waals surface area contributed by atoms with Gasteiger partial charge in [-0.2, -0.15) is 0 Å². The second-order valence-corrected chi connectivity index (χ2v) is 7.17. The molecule has 2 heterocycles. The standard InChI is InChI=1S/C13H21NO4S/c1-3-11-4-5-13(18-11)12-10-17-8-6-14(12)7-9-19(2,15)16/h4-5,12H,3,6-10H2,1-2H3/t12-/m1/s1. The molecular formula is C13H21NO4S. The SMILES string of the molecule is CCc1ccc([C@H]2COCCN2CCS(C)(=O)=O)o1. The summed E-state index contributed by atoms with van der Waals surface area (Å²) in [5, 5.41) is 0. The van der Waals surface area contributed by atoms with Gasteiger partial charge in [0.25, 0.3) is 0 Å². The van der Waals surface area contributed by atoms with Crippen LogP contribution in [0.4, 0.5) is 0 Å². The number of aryl methyl sites for hydroxylation is 1. The summed E-state index contributed by atoms with van der Waals surface area (Å²) in [5.41, 5.74) is 0. The molecule has 0 radical (unpaired) electrons. The highest BCUT2D eigenvalue weighted by molar-refractivity contribution is 7.90. The van der Waals surface area contributed by atoms with Gasteiger partial charge in [-0.3, -0.25) is 4.90 Å². The average molecular weight is 287 g/mol. The normalized spacial score (nSPS) is 21.7. The van der Waals surface area contributed by atoms with Gasteiger partial charge in [0.2, 0.25) is 0 Å². The molecule has 1 saturated heterocycles. The highest BCUT2D eigenvalue weighted by Crippen LogP contribution is 2.26. The molecule has 1 aliphatic rings. The Labute approximate surface area is 114 Å². The molecule has 1 aromatic rings. The molecular weight excluding hydrogens is 266 g/mol. The van der Waals surface area contributed by atoms with Gasteiger partial charge in [0.05, 0.1) is 25.0 Å². The molecule has 19 heavy (non-hydrogen) atoms. The van der Waals surface area contributed by atoms with E-state index in [2.05, 4.69) is 4.90 Å². The quantitative estimate of drug-likeness (QED) is 0.816. The van der Waals surface area contributed by atoms with Crippen molar-refractivity contribution in [1.29, 1.82) is 0 Å². The fourth-order valence-electron chi connectivity index (χ4n) is 2.21. The molecule has 1 aromatic heterocycles. The number of hydrogen-bond donors (Lipinski definition) is 0. The fraction of sp³-hybridized carbons (Fsp3) is 0.692. The molecule has 0 unspecified atom stereocenters. The summed E-state index contributed by atoms with van der Waals surface area (Å²) in [6, 6.07) is 3.96. The van der Waals surface area contributed by atoms with Gasteiger partial charge in [-0.1, -0.05) is 6.92 Å². The van der Waals surface area contributed by atoms with E-state index < -0.39 is 9.84 Å². The number of hydrogen-bond acceptors (Lipinski definition) is 5. The van der Waals surface area contributed by atoms with Crippen molar-refractivity contribution in [3.63, 3.8) is 0 Å². The van der Waals surface area contributed by atoms with Crippen molar-refractivity contribution in [3.05, 3.63) is 23.7 Å². The Morgan fingerprint density at radius 2 is 2.21 bits per heavy atom. The van der Waals surface area contributed by atoms with E-state index in [-0.39, 0.29) is 11.8 Å². The van der Waals surface area contributed by atoms with Crippen molar-refractivity contribution < 1.29 is 17.6 Å². The van der Waals surface area contributed by atoms with Crippen molar-refractivity contribution >= 4 is 9.84 Å². The van der Waals surface area contributed by atoms with Crippen LogP contribution in [0.3, 0.4) is 0 Å². The van der Waals surface area contributed by atoms with E-state index in [0.29, 0.717) is 19.8 Å². The summed E-state index contributed by atoms with van der Waals surface area (Å²) in [7, 11) is -2.94. The molecule has 5 nitrogen and oxygen atoms in total. The van der Waals surface area contributed by atoms with Gasteiger partial charge in [0, 0.05) is 25.8 Å². The van der Waals surface area contributed by atoms with Gasteiger partial charge in [-0.15, -0.1) is 0 Å². The van der Waals surface area contributed by atoms with Crippen LogP contribution in [0.15, 0.2) is 16.5 Å². The van der Waals surface area contributed by atoms with Crippen molar-refractivity contribution in [3.8, 4) is 0 Å². The third kappa shape index (κ3) is 4.06. The van der Waals surface area contributed by atoms with Crippen LogP contribution in [0.1, 0.15) is 24.5 Å². The lowest BCUT2D eigenvalue weighted by molar-refractivity contribution is -0.0133. The van der Waals surface area contributed by atoms with E-state index in [1.165, 1.54) is 6.26 Å². The number of morpholine rings is 1. The van der Waals surface area contributed by atoms with E-state index in [0.717, 1.165) is 24.5 Å². The van der Waals surface area contributed by atoms with E-state index in [4.69, 9.17) is 9.15 Å². The lowest BCUT2D eigenvalue weighted by Crippen LogP contribution is -2.41. The monoisotopic (exact) mass is 287 g/mol. The summed E-state index contributed by atoms with van der Waals surface area (Å²) >= 11 is 0. The maximum atomic E-state index is 11.3. The Balaban J connectivity index is 2.07. The second-order valence-electron chi connectivity index (χ2n) is 4.91. The first-order valence-electron chi connectivity index (χ1n) is 6.57. The first-order chi connectivity index (χ1) is 8.99. The highest BCUT2D eigenvalue weighted by atomic mass is 32.2. The van der Waals surface area contributed by atoms with Crippen LogP contribution in [0, 0.1) is 0 Å². The lowest BCUT2D eigenvalue weighted by Gasteiger charge is -2.34. The zero-order chi connectivity index (χ0) is 13.9. The van der Waals surface area contributed by atoms with Gasteiger partial charge in [-0.05, 0) is 12.1 Å². The Kier molecular flexibility index (Phi) is 4.65. The average Bonchev–Trinajstić information content (AvgIpc) is 2.84. The summed E-state index contributed by atoms with van der Waals surface area (Å²) in [6.45, 7) is 4.50. The van der Waals surface area contributed by atoms with Crippen LogP contribution in [0.25, 0.3) is 0 Å². The molecule has 0 aromatic carbocycles. The van der Waals surface area contributed by atoms with Crippen molar-refractivity contribution in [1.82, 2.24) is 4.90 Å².